The van der Waals surface area contributed by atoms with E-state index in [0.29, 0.717) is 10.1 Å². The van der Waals surface area contributed by atoms with Gasteiger partial charge in [-0.15, -0.1) is 0 Å². The van der Waals surface area contributed by atoms with Crippen LogP contribution < -0.4 is 19.8 Å². The van der Waals surface area contributed by atoms with Crippen molar-refractivity contribution in [1.82, 2.24) is 14.6 Å². The van der Waals surface area contributed by atoms with Crippen molar-refractivity contribution in [2.75, 3.05) is 27.9 Å². The lowest BCUT2D eigenvalue weighted by molar-refractivity contribution is -0.141. The summed E-state index contributed by atoms with van der Waals surface area (Å²) in [5, 5.41) is 1.90. The van der Waals surface area contributed by atoms with Crippen molar-refractivity contribution in [3.05, 3.63) is 39.8 Å². The van der Waals surface area contributed by atoms with Crippen LogP contribution in [0.3, 0.4) is 0 Å². The van der Waals surface area contributed by atoms with E-state index in [1.165, 1.54) is 40.4 Å². The van der Waals surface area contributed by atoms with Crippen LogP contribution in [0, 0.1) is 0 Å². The minimum absolute atomic E-state index is 0.0115. The Morgan fingerprint density at radius 3 is 2.19 bits per heavy atom. The molecule has 2 aromatic heterocycles. The summed E-state index contributed by atoms with van der Waals surface area (Å²) in [4.78, 5) is 29.0. The lowest BCUT2D eigenvalue weighted by Crippen LogP contribution is -2.15. The Hall–Kier alpha value is -3.70. The number of rotatable bonds is 6. The number of aromatic nitrogens is 3. The molecule has 1 N–H and O–H groups in total. The zero-order chi connectivity index (χ0) is 22.9. The molecule has 0 fully saturated rings. The third-order valence-electron chi connectivity index (χ3n) is 4.34. The SMILES string of the molecule is CCOC(=O)c1c(C(F)(F)F)[nH]n2c(=O)cc(-c3cc(OC)c(OC)c(OC)c3)nc12. The third kappa shape index (κ3) is 3.88. The van der Waals surface area contributed by atoms with Crippen LogP contribution in [0.25, 0.3) is 16.9 Å². The van der Waals surface area contributed by atoms with Crippen molar-refractivity contribution < 1.29 is 36.9 Å². The van der Waals surface area contributed by atoms with Crippen LogP contribution in [0.15, 0.2) is 23.0 Å². The summed E-state index contributed by atoms with van der Waals surface area (Å²) in [6.45, 7) is 1.28. The number of hydrogen-bond acceptors (Lipinski definition) is 7. The largest absolute Gasteiger partial charge is 0.493 e. The van der Waals surface area contributed by atoms with Gasteiger partial charge >= 0.3 is 12.1 Å². The lowest BCUT2D eigenvalue weighted by Gasteiger charge is -2.14. The summed E-state index contributed by atoms with van der Waals surface area (Å²) in [6, 6.07) is 3.96. The first-order chi connectivity index (χ1) is 14.7. The number of nitrogens with one attached hydrogen (secondary N) is 1. The van der Waals surface area contributed by atoms with Crippen molar-refractivity contribution in [3.8, 4) is 28.5 Å². The summed E-state index contributed by atoms with van der Waals surface area (Å²) in [5.74, 6) is -0.494. The van der Waals surface area contributed by atoms with Gasteiger partial charge in [0.15, 0.2) is 22.8 Å². The number of aromatic amines is 1. The van der Waals surface area contributed by atoms with E-state index in [-0.39, 0.29) is 29.5 Å². The predicted octanol–water partition coefficient (Wildman–Crippen LogP) is 2.91. The highest BCUT2D eigenvalue weighted by Crippen LogP contribution is 2.41. The Kier molecular flexibility index (Phi) is 5.82. The molecule has 0 saturated carbocycles. The Morgan fingerprint density at radius 1 is 1.10 bits per heavy atom. The Morgan fingerprint density at radius 2 is 1.71 bits per heavy atom. The standard InChI is InChI=1S/C19H18F3N3O6/c1-5-31-18(27)14-16(19(20,21)22)24-25-13(26)8-10(23-17(14)25)9-6-11(28-2)15(30-4)12(7-9)29-3/h6-8,24H,5H2,1-4H3. The van der Waals surface area contributed by atoms with Gasteiger partial charge in [-0.1, -0.05) is 0 Å². The highest BCUT2D eigenvalue weighted by Gasteiger charge is 2.40. The van der Waals surface area contributed by atoms with Crippen LogP contribution >= 0.6 is 0 Å². The molecular weight excluding hydrogens is 423 g/mol. The topological polar surface area (TPSA) is 104 Å². The number of alkyl halides is 3. The van der Waals surface area contributed by atoms with Crippen molar-refractivity contribution in [1.29, 1.82) is 0 Å². The van der Waals surface area contributed by atoms with Gasteiger partial charge in [0.05, 0.1) is 33.6 Å². The number of nitrogens with zero attached hydrogens (tertiary/aromatic N) is 2. The minimum atomic E-state index is -4.95. The highest BCUT2D eigenvalue weighted by molar-refractivity contribution is 5.97. The van der Waals surface area contributed by atoms with E-state index in [2.05, 4.69) is 4.98 Å². The fourth-order valence-corrected chi connectivity index (χ4v) is 3.02. The first kappa shape index (κ1) is 22.0. The average molecular weight is 441 g/mol. The molecule has 0 saturated heterocycles. The molecule has 0 aliphatic rings. The van der Waals surface area contributed by atoms with E-state index in [1.54, 1.807) is 0 Å². The van der Waals surface area contributed by atoms with Crippen LogP contribution in [-0.2, 0) is 10.9 Å². The van der Waals surface area contributed by atoms with E-state index in [1.807, 2.05) is 5.10 Å². The number of H-pyrrole nitrogens is 1. The van der Waals surface area contributed by atoms with Crippen molar-refractivity contribution in [2.24, 2.45) is 0 Å². The number of hydrogen-bond donors (Lipinski definition) is 1. The van der Waals surface area contributed by atoms with Gasteiger partial charge in [-0.2, -0.15) is 13.2 Å². The fourth-order valence-electron chi connectivity index (χ4n) is 3.02. The van der Waals surface area contributed by atoms with Gasteiger partial charge in [-0.3, -0.25) is 9.89 Å². The molecule has 3 rings (SSSR count). The first-order valence-electron chi connectivity index (χ1n) is 8.86. The summed E-state index contributed by atoms with van der Waals surface area (Å²) in [7, 11) is 4.17. The molecule has 0 radical (unpaired) electrons. The second kappa shape index (κ2) is 8.20. The zero-order valence-electron chi connectivity index (χ0n) is 16.9. The van der Waals surface area contributed by atoms with Crippen LogP contribution in [-0.4, -0.2) is 48.5 Å². The molecule has 0 aliphatic carbocycles. The maximum Gasteiger partial charge on any atom is 0.433 e. The fraction of sp³-hybridized carbons (Fsp3) is 0.316. The van der Waals surface area contributed by atoms with Crippen LogP contribution in [0.4, 0.5) is 13.2 Å². The van der Waals surface area contributed by atoms with Gasteiger partial charge in [-0.25, -0.2) is 14.3 Å². The molecule has 0 bridgehead atoms. The van der Waals surface area contributed by atoms with Crippen LogP contribution in [0.2, 0.25) is 0 Å². The Balaban J connectivity index is 2.33. The molecule has 0 atom stereocenters. The second-order valence-corrected chi connectivity index (χ2v) is 6.13. The number of carbonyl (C=O) groups is 1. The van der Waals surface area contributed by atoms with Crippen molar-refractivity contribution in [3.63, 3.8) is 0 Å². The molecule has 0 amide bonds. The maximum absolute atomic E-state index is 13.5. The summed E-state index contributed by atoms with van der Waals surface area (Å²) in [6.07, 6.45) is -4.95. The maximum atomic E-state index is 13.5. The number of halogens is 3. The summed E-state index contributed by atoms with van der Waals surface area (Å²) < 4.78 is 61.5. The van der Waals surface area contributed by atoms with E-state index in [0.717, 1.165) is 6.07 Å². The second-order valence-electron chi connectivity index (χ2n) is 6.13. The van der Waals surface area contributed by atoms with E-state index in [9.17, 15) is 22.8 Å². The number of benzene rings is 1. The van der Waals surface area contributed by atoms with Gasteiger partial charge in [-0.05, 0) is 19.1 Å². The molecule has 3 aromatic rings. The normalized spacial score (nSPS) is 11.5. The number of ether oxygens (including phenoxy) is 4. The molecule has 1 aromatic carbocycles. The number of esters is 1. The van der Waals surface area contributed by atoms with E-state index >= 15 is 0 Å². The summed E-state index contributed by atoms with van der Waals surface area (Å²) >= 11 is 0. The van der Waals surface area contributed by atoms with Gasteiger partial charge in [0.1, 0.15) is 5.56 Å². The predicted molar refractivity (Wildman–Crippen MR) is 102 cm³/mol. The Bertz CT molecular complexity index is 1170. The molecule has 0 unspecified atom stereocenters. The molecule has 2 heterocycles. The lowest BCUT2D eigenvalue weighted by atomic mass is 10.1. The number of fused-ring (bicyclic) bond motifs is 1. The number of carbonyl (C=O) groups excluding carboxylic acids is 1. The molecule has 166 valence electrons. The van der Waals surface area contributed by atoms with E-state index in [4.69, 9.17) is 18.9 Å². The molecule has 31 heavy (non-hydrogen) atoms. The van der Waals surface area contributed by atoms with Crippen LogP contribution in [0.5, 0.6) is 17.2 Å². The average Bonchev–Trinajstić information content (AvgIpc) is 3.13. The zero-order valence-corrected chi connectivity index (χ0v) is 16.9. The monoisotopic (exact) mass is 441 g/mol. The number of methoxy groups -OCH3 is 3. The quantitative estimate of drug-likeness (QED) is 0.587. The van der Waals surface area contributed by atoms with Gasteiger partial charge in [0.2, 0.25) is 5.75 Å². The van der Waals surface area contributed by atoms with Crippen molar-refractivity contribution >= 4 is 11.6 Å². The van der Waals surface area contributed by atoms with Gasteiger partial charge in [0.25, 0.3) is 5.56 Å². The molecule has 0 aliphatic heterocycles. The Labute approximate surface area is 173 Å². The molecule has 12 heteroatoms. The third-order valence-corrected chi connectivity index (χ3v) is 4.34. The molecular formula is C19H18F3N3O6. The van der Waals surface area contributed by atoms with Gasteiger partial charge in [0, 0.05) is 11.6 Å². The van der Waals surface area contributed by atoms with Crippen LogP contribution in [0.1, 0.15) is 23.0 Å². The van der Waals surface area contributed by atoms with Crippen molar-refractivity contribution in [2.45, 2.75) is 13.1 Å². The smallest absolute Gasteiger partial charge is 0.433 e. The molecule has 0 spiro atoms. The van der Waals surface area contributed by atoms with E-state index < -0.39 is 34.6 Å². The summed E-state index contributed by atoms with van der Waals surface area (Å²) in [5.41, 5.74) is -3.43. The highest BCUT2D eigenvalue weighted by atomic mass is 19.4. The van der Waals surface area contributed by atoms with Gasteiger partial charge < -0.3 is 18.9 Å². The minimum Gasteiger partial charge on any atom is -0.493 e. The molecule has 9 nitrogen and oxygen atoms in total. The first-order valence-corrected chi connectivity index (χ1v) is 8.86.